The fourth-order valence-electron chi connectivity index (χ4n) is 2.09. The molecule has 5 nitrogen and oxygen atoms in total. The molecule has 6 heteroatoms. The second kappa shape index (κ2) is 7.43. The second-order valence-electron chi connectivity index (χ2n) is 4.85. The minimum absolute atomic E-state index is 0.103. The van der Waals surface area contributed by atoms with Gasteiger partial charge in [-0.05, 0) is 32.2 Å². The minimum atomic E-state index is -3.18. The summed E-state index contributed by atoms with van der Waals surface area (Å²) < 4.78 is 31.3. The van der Waals surface area contributed by atoms with Gasteiger partial charge in [0.1, 0.15) is 0 Å². The van der Waals surface area contributed by atoms with E-state index in [0.717, 1.165) is 19.4 Å². The normalized spacial score (nSPS) is 18.2. The van der Waals surface area contributed by atoms with Crippen molar-refractivity contribution in [2.24, 2.45) is 5.92 Å². The van der Waals surface area contributed by atoms with E-state index >= 15 is 0 Å². The molecule has 0 aromatic rings. The molecule has 0 heterocycles. The molecular weight excluding hydrogens is 252 g/mol. The number of sulfonamides is 1. The van der Waals surface area contributed by atoms with Crippen molar-refractivity contribution in [2.75, 3.05) is 39.1 Å². The van der Waals surface area contributed by atoms with E-state index in [1.807, 2.05) is 13.8 Å². The van der Waals surface area contributed by atoms with Crippen LogP contribution in [0.4, 0.5) is 0 Å². The average Bonchev–Trinajstić information content (AvgIpc) is 3.13. The van der Waals surface area contributed by atoms with E-state index in [1.54, 1.807) is 11.4 Å². The Morgan fingerprint density at radius 3 is 2.61 bits per heavy atom. The summed E-state index contributed by atoms with van der Waals surface area (Å²) in [5.74, 6) is 0.706. The van der Waals surface area contributed by atoms with Crippen molar-refractivity contribution < 1.29 is 13.2 Å². The van der Waals surface area contributed by atoms with Gasteiger partial charge in [-0.3, -0.25) is 0 Å². The van der Waals surface area contributed by atoms with Gasteiger partial charge in [0.2, 0.25) is 10.0 Å². The molecule has 0 aromatic carbocycles. The van der Waals surface area contributed by atoms with Gasteiger partial charge < -0.3 is 10.1 Å². The van der Waals surface area contributed by atoms with Crippen molar-refractivity contribution in [3.63, 3.8) is 0 Å². The SMILES string of the molecule is CCNCCS(=O)(=O)N(CCOC)C(C)C1CC1. The maximum Gasteiger partial charge on any atom is 0.215 e. The van der Waals surface area contributed by atoms with Gasteiger partial charge in [0.15, 0.2) is 0 Å². The maximum absolute atomic E-state index is 12.3. The fourth-order valence-corrected chi connectivity index (χ4v) is 3.75. The lowest BCUT2D eigenvalue weighted by molar-refractivity contribution is 0.164. The van der Waals surface area contributed by atoms with E-state index < -0.39 is 10.0 Å². The lowest BCUT2D eigenvalue weighted by atomic mass is 10.2. The molecule has 1 saturated carbocycles. The summed E-state index contributed by atoms with van der Waals surface area (Å²) in [6, 6.07) is 0.103. The van der Waals surface area contributed by atoms with Gasteiger partial charge in [0.05, 0.1) is 12.4 Å². The van der Waals surface area contributed by atoms with Gasteiger partial charge in [0, 0.05) is 26.2 Å². The lowest BCUT2D eigenvalue weighted by Crippen LogP contribution is -2.44. The third kappa shape index (κ3) is 4.84. The first-order chi connectivity index (χ1) is 8.53. The third-order valence-electron chi connectivity index (χ3n) is 3.42. The van der Waals surface area contributed by atoms with Gasteiger partial charge in [-0.15, -0.1) is 0 Å². The van der Waals surface area contributed by atoms with Crippen molar-refractivity contribution in [3.05, 3.63) is 0 Å². The molecule has 1 aliphatic rings. The number of nitrogens with zero attached hydrogens (tertiary/aromatic N) is 1. The number of hydrogen-bond acceptors (Lipinski definition) is 4. The maximum atomic E-state index is 12.3. The first-order valence-electron chi connectivity index (χ1n) is 6.72. The molecule has 0 radical (unpaired) electrons. The molecule has 1 atom stereocenters. The number of nitrogens with one attached hydrogen (secondary N) is 1. The van der Waals surface area contributed by atoms with E-state index in [-0.39, 0.29) is 11.8 Å². The lowest BCUT2D eigenvalue weighted by Gasteiger charge is -2.28. The predicted molar refractivity (Wildman–Crippen MR) is 73.1 cm³/mol. The van der Waals surface area contributed by atoms with Crippen LogP contribution in [0.25, 0.3) is 0 Å². The Hall–Kier alpha value is -0.170. The standard InChI is InChI=1S/C12H26N2O3S/c1-4-13-7-10-18(15,16)14(8-9-17-3)11(2)12-5-6-12/h11-13H,4-10H2,1-3H3. The summed E-state index contributed by atoms with van der Waals surface area (Å²) in [5, 5.41) is 3.06. The molecule has 1 unspecified atom stereocenters. The van der Waals surface area contributed by atoms with Crippen LogP contribution in [0.1, 0.15) is 26.7 Å². The minimum Gasteiger partial charge on any atom is -0.383 e. The van der Waals surface area contributed by atoms with Gasteiger partial charge in [-0.1, -0.05) is 6.92 Å². The van der Waals surface area contributed by atoms with Crippen molar-refractivity contribution in [2.45, 2.75) is 32.7 Å². The smallest absolute Gasteiger partial charge is 0.215 e. The van der Waals surface area contributed by atoms with E-state index in [1.165, 1.54) is 0 Å². The van der Waals surface area contributed by atoms with Crippen LogP contribution in [0.5, 0.6) is 0 Å². The van der Waals surface area contributed by atoms with E-state index in [2.05, 4.69) is 5.32 Å². The van der Waals surface area contributed by atoms with Crippen LogP contribution in [0, 0.1) is 5.92 Å². The molecule has 0 aliphatic heterocycles. The fraction of sp³-hybridized carbons (Fsp3) is 1.00. The Balaban J connectivity index is 2.60. The second-order valence-corrected chi connectivity index (χ2v) is 6.89. The summed E-state index contributed by atoms with van der Waals surface area (Å²) in [6.45, 7) is 6.21. The Morgan fingerprint density at radius 2 is 2.11 bits per heavy atom. The van der Waals surface area contributed by atoms with E-state index in [9.17, 15) is 8.42 Å². The third-order valence-corrected chi connectivity index (χ3v) is 5.37. The van der Waals surface area contributed by atoms with Gasteiger partial charge in [-0.25, -0.2) is 8.42 Å². The van der Waals surface area contributed by atoms with Crippen LogP contribution in [-0.2, 0) is 14.8 Å². The number of rotatable bonds is 10. The van der Waals surface area contributed by atoms with Crippen LogP contribution in [0.3, 0.4) is 0 Å². The highest BCUT2D eigenvalue weighted by atomic mass is 32.2. The van der Waals surface area contributed by atoms with Crippen molar-refractivity contribution in [3.8, 4) is 0 Å². The average molecular weight is 278 g/mol. The summed E-state index contributed by atoms with van der Waals surface area (Å²) in [6.07, 6.45) is 2.29. The highest BCUT2D eigenvalue weighted by molar-refractivity contribution is 7.89. The van der Waals surface area contributed by atoms with Crippen molar-refractivity contribution in [1.82, 2.24) is 9.62 Å². The van der Waals surface area contributed by atoms with Crippen LogP contribution >= 0.6 is 0 Å². The van der Waals surface area contributed by atoms with E-state index in [4.69, 9.17) is 4.74 Å². The molecule has 1 rings (SSSR count). The summed E-state index contributed by atoms with van der Waals surface area (Å²) in [5.41, 5.74) is 0. The number of ether oxygens (including phenoxy) is 1. The van der Waals surface area contributed by atoms with Gasteiger partial charge in [0.25, 0.3) is 0 Å². The zero-order chi connectivity index (χ0) is 13.6. The van der Waals surface area contributed by atoms with E-state index in [0.29, 0.717) is 25.6 Å². The number of methoxy groups -OCH3 is 1. The van der Waals surface area contributed by atoms with Crippen LogP contribution < -0.4 is 5.32 Å². The van der Waals surface area contributed by atoms with Crippen molar-refractivity contribution in [1.29, 1.82) is 0 Å². The Morgan fingerprint density at radius 1 is 1.44 bits per heavy atom. The quantitative estimate of drug-likeness (QED) is 0.597. The summed E-state index contributed by atoms with van der Waals surface area (Å²) in [4.78, 5) is 0. The molecule has 0 aromatic heterocycles. The Labute approximate surface area is 111 Å². The molecule has 1 fully saturated rings. The Kier molecular flexibility index (Phi) is 6.55. The monoisotopic (exact) mass is 278 g/mol. The highest BCUT2D eigenvalue weighted by Crippen LogP contribution is 2.36. The van der Waals surface area contributed by atoms with Gasteiger partial charge in [-0.2, -0.15) is 4.31 Å². The highest BCUT2D eigenvalue weighted by Gasteiger charge is 2.36. The summed E-state index contributed by atoms with van der Waals surface area (Å²) in [7, 11) is -1.58. The zero-order valence-corrected chi connectivity index (χ0v) is 12.5. The molecule has 0 amide bonds. The Bertz CT molecular complexity index is 328. The molecule has 0 saturated heterocycles. The molecule has 1 aliphatic carbocycles. The first kappa shape index (κ1) is 15.9. The predicted octanol–water partition coefficient (Wildman–Crippen LogP) is 0.673. The molecule has 0 spiro atoms. The van der Waals surface area contributed by atoms with Crippen LogP contribution in [0.2, 0.25) is 0 Å². The molecular formula is C12H26N2O3S. The molecule has 0 bridgehead atoms. The topological polar surface area (TPSA) is 58.6 Å². The first-order valence-corrected chi connectivity index (χ1v) is 8.33. The zero-order valence-electron chi connectivity index (χ0n) is 11.7. The largest absolute Gasteiger partial charge is 0.383 e. The molecule has 1 N–H and O–H groups in total. The molecule has 108 valence electrons. The molecule has 18 heavy (non-hydrogen) atoms. The number of hydrogen-bond donors (Lipinski definition) is 1. The van der Waals surface area contributed by atoms with Crippen molar-refractivity contribution >= 4 is 10.0 Å². The van der Waals surface area contributed by atoms with Crippen LogP contribution in [0.15, 0.2) is 0 Å². The van der Waals surface area contributed by atoms with Gasteiger partial charge >= 0.3 is 0 Å². The summed E-state index contributed by atoms with van der Waals surface area (Å²) >= 11 is 0. The van der Waals surface area contributed by atoms with Crippen LogP contribution in [-0.4, -0.2) is 57.9 Å².